The summed E-state index contributed by atoms with van der Waals surface area (Å²) in [4.78, 5) is 20.6. The molecule has 0 aliphatic carbocycles. The van der Waals surface area contributed by atoms with Gasteiger partial charge < -0.3 is 0 Å². The van der Waals surface area contributed by atoms with Crippen molar-refractivity contribution in [2.75, 3.05) is 0 Å². The van der Waals surface area contributed by atoms with Crippen molar-refractivity contribution in [3.63, 3.8) is 0 Å². The average Bonchev–Trinajstić information content (AvgIpc) is 2.41. The van der Waals surface area contributed by atoms with Gasteiger partial charge in [0.25, 0.3) is 11.4 Å². The molecule has 0 aromatic heterocycles. The summed E-state index contributed by atoms with van der Waals surface area (Å²) in [5.41, 5.74) is 2.46. The SMILES string of the molecule is Cc1c(Cc2ccc([N+](=O)[O-])cc2)cccc1[N+](=O)[O-]. The van der Waals surface area contributed by atoms with Crippen molar-refractivity contribution in [1.82, 2.24) is 0 Å². The normalized spacial score (nSPS) is 10.2. The molecule has 6 heteroatoms. The topological polar surface area (TPSA) is 86.3 Å². The lowest BCUT2D eigenvalue weighted by molar-refractivity contribution is -0.385. The Morgan fingerprint density at radius 1 is 0.950 bits per heavy atom. The Morgan fingerprint density at radius 2 is 1.60 bits per heavy atom. The number of nitro groups is 2. The van der Waals surface area contributed by atoms with Gasteiger partial charge in [0, 0.05) is 23.8 Å². The van der Waals surface area contributed by atoms with Crippen LogP contribution in [0.25, 0.3) is 0 Å². The molecule has 20 heavy (non-hydrogen) atoms. The molecule has 0 spiro atoms. The molecule has 0 aliphatic heterocycles. The van der Waals surface area contributed by atoms with Gasteiger partial charge in [-0.05, 0) is 24.5 Å². The van der Waals surface area contributed by atoms with E-state index in [1.807, 2.05) is 6.07 Å². The summed E-state index contributed by atoms with van der Waals surface area (Å²) in [7, 11) is 0. The van der Waals surface area contributed by atoms with E-state index in [0.29, 0.717) is 12.0 Å². The second-order valence-electron chi connectivity index (χ2n) is 4.42. The first-order valence-electron chi connectivity index (χ1n) is 5.95. The van der Waals surface area contributed by atoms with Crippen LogP contribution in [0.2, 0.25) is 0 Å². The van der Waals surface area contributed by atoms with Gasteiger partial charge in [0.05, 0.1) is 9.85 Å². The third-order valence-electron chi connectivity index (χ3n) is 3.16. The molecule has 0 saturated carbocycles. The monoisotopic (exact) mass is 272 g/mol. The second-order valence-corrected chi connectivity index (χ2v) is 4.42. The van der Waals surface area contributed by atoms with Crippen molar-refractivity contribution in [3.05, 3.63) is 79.4 Å². The van der Waals surface area contributed by atoms with Gasteiger partial charge in [0.1, 0.15) is 0 Å². The summed E-state index contributed by atoms with van der Waals surface area (Å²) < 4.78 is 0. The molecule has 102 valence electrons. The molecule has 6 nitrogen and oxygen atoms in total. The highest BCUT2D eigenvalue weighted by Gasteiger charge is 2.13. The van der Waals surface area contributed by atoms with Crippen LogP contribution >= 0.6 is 0 Å². The van der Waals surface area contributed by atoms with E-state index in [2.05, 4.69) is 0 Å². The van der Waals surface area contributed by atoms with Crippen LogP contribution in [0.4, 0.5) is 11.4 Å². The Labute approximate surface area is 115 Å². The van der Waals surface area contributed by atoms with Crippen LogP contribution in [-0.2, 0) is 6.42 Å². The lowest BCUT2D eigenvalue weighted by Crippen LogP contribution is -1.97. The van der Waals surface area contributed by atoms with E-state index in [9.17, 15) is 20.2 Å². The number of hydrogen-bond acceptors (Lipinski definition) is 4. The van der Waals surface area contributed by atoms with Crippen molar-refractivity contribution in [1.29, 1.82) is 0 Å². The standard InChI is InChI=1S/C14H12N2O4/c1-10-12(3-2-4-14(10)16(19)20)9-11-5-7-13(8-6-11)15(17)18/h2-8H,9H2,1H3. The third-order valence-corrected chi connectivity index (χ3v) is 3.16. The first-order valence-corrected chi connectivity index (χ1v) is 5.95. The predicted octanol–water partition coefficient (Wildman–Crippen LogP) is 3.40. The Bertz CT molecular complexity index is 665. The molecule has 0 N–H and O–H groups in total. The van der Waals surface area contributed by atoms with Crippen LogP contribution in [0.5, 0.6) is 0 Å². The average molecular weight is 272 g/mol. The minimum Gasteiger partial charge on any atom is -0.258 e. The zero-order chi connectivity index (χ0) is 14.7. The fraction of sp³-hybridized carbons (Fsp3) is 0.143. The summed E-state index contributed by atoms with van der Waals surface area (Å²) in [5, 5.41) is 21.5. The van der Waals surface area contributed by atoms with Gasteiger partial charge in [0.15, 0.2) is 0 Å². The highest BCUT2D eigenvalue weighted by molar-refractivity contribution is 5.46. The summed E-state index contributed by atoms with van der Waals surface area (Å²) >= 11 is 0. The van der Waals surface area contributed by atoms with Gasteiger partial charge in [-0.25, -0.2) is 0 Å². The molecular formula is C14H12N2O4. The minimum atomic E-state index is -0.456. The predicted molar refractivity (Wildman–Crippen MR) is 73.7 cm³/mol. The summed E-state index contributed by atoms with van der Waals surface area (Å²) in [6, 6.07) is 11.1. The molecule has 0 atom stereocenters. The maximum absolute atomic E-state index is 10.9. The Hall–Kier alpha value is -2.76. The highest BCUT2D eigenvalue weighted by Crippen LogP contribution is 2.24. The van der Waals surface area contributed by atoms with Crippen LogP contribution in [0.15, 0.2) is 42.5 Å². The van der Waals surface area contributed by atoms with Gasteiger partial charge in [-0.2, -0.15) is 0 Å². The van der Waals surface area contributed by atoms with Crippen molar-refractivity contribution in [2.45, 2.75) is 13.3 Å². The van der Waals surface area contributed by atoms with Gasteiger partial charge >= 0.3 is 0 Å². The van der Waals surface area contributed by atoms with E-state index in [0.717, 1.165) is 11.1 Å². The number of rotatable bonds is 4. The first-order chi connectivity index (χ1) is 9.49. The molecule has 0 amide bonds. The maximum Gasteiger partial charge on any atom is 0.272 e. The van der Waals surface area contributed by atoms with Gasteiger partial charge in [-0.3, -0.25) is 20.2 Å². The molecule has 0 bridgehead atoms. The quantitative estimate of drug-likeness (QED) is 0.630. The summed E-state index contributed by atoms with van der Waals surface area (Å²) in [6.45, 7) is 1.71. The second kappa shape index (κ2) is 5.48. The van der Waals surface area contributed by atoms with Gasteiger partial charge in [0.2, 0.25) is 0 Å². The van der Waals surface area contributed by atoms with Crippen LogP contribution in [0.3, 0.4) is 0 Å². The fourth-order valence-corrected chi connectivity index (χ4v) is 2.01. The number of benzene rings is 2. The molecule has 2 aromatic carbocycles. The minimum absolute atomic E-state index is 0.0320. The molecule has 2 rings (SSSR count). The summed E-state index contributed by atoms with van der Waals surface area (Å²) in [5.74, 6) is 0. The Morgan fingerprint density at radius 3 is 2.15 bits per heavy atom. The van der Waals surface area contributed by atoms with Gasteiger partial charge in [-0.1, -0.05) is 24.3 Å². The molecule has 0 aliphatic rings. The van der Waals surface area contributed by atoms with Crippen molar-refractivity contribution < 1.29 is 9.85 Å². The molecule has 0 fully saturated rings. The van der Waals surface area contributed by atoms with Crippen LogP contribution in [-0.4, -0.2) is 9.85 Å². The lowest BCUT2D eigenvalue weighted by atomic mass is 9.99. The highest BCUT2D eigenvalue weighted by atomic mass is 16.6. The molecule has 0 heterocycles. The third kappa shape index (κ3) is 2.80. The Kier molecular flexibility index (Phi) is 3.74. The van der Waals surface area contributed by atoms with E-state index in [-0.39, 0.29) is 11.4 Å². The van der Waals surface area contributed by atoms with E-state index in [4.69, 9.17) is 0 Å². The first kappa shape index (κ1) is 13.7. The number of hydrogen-bond donors (Lipinski definition) is 0. The van der Waals surface area contributed by atoms with Crippen LogP contribution in [0.1, 0.15) is 16.7 Å². The van der Waals surface area contributed by atoms with Crippen molar-refractivity contribution in [2.24, 2.45) is 0 Å². The fourth-order valence-electron chi connectivity index (χ4n) is 2.01. The molecule has 0 saturated heterocycles. The number of non-ortho nitro benzene ring substituents is 1. The van der Waals surface area contributed by atoms with Crippen molar-refractivity contribution >= 4 is 11.4 Å². The number of nitrogens with zero attached hydrogens (tertiary/aromatic N) is 2. The zero-order valence-electron chi connectivity index (χ0n) is 10.8. The molecule has 0 unspecified atom stereocenters. The maximum atomic E-state index is 10.9. The molecular weight excluding hydrogens is 260 g/mol. The van der Waals surface area contributed by atoms with E-state index < -0.39 is 9.85 Å². The number of nitro benzene ring substituents is 2. The Balaban J connectivity index is 2.28. The van der Waals surface area contributed by atoms with Gasteiger partial charge in [-0.15, -0.1) is 0 Å². The van der Waals surface area contributed by atoms with E-state index in [1.165, 1.54) is 18.2 Å². The summed E-state index contributed by atoms with van der Waals surface area (Å²) in [6.07, 6.45) is 0.505. The van der Waals surface area contributed by atoms with Crippen molar-refractivity contribution in [3.8, 4) is 0 Å². The lowest BCUT2D eigenvalue weighted by Gasteiger charge is -2.06. The molecule has 0 radical (unpaired) electrons. The van der Waals surface area contributed by atoms with Crippen LogP contribution < -0.4 is 0 Å². The van der Waals surface area contributed by atoms with Crippen LogP contribution in [0, 0.1) is 27.2 Å². The smallest absolute Gasteiger partial charge is 0.258 e. The zero-order valence-corrected chi connectivity index (χ0v) is 10.8. The van der Waals surface area contributed by atoms with E-state index in [1.54, 1.807) is 25.1 Å². The molecule has 2 aromatic rings. The van der Waals surface area contributed by atoms with E-state index >= 15 is 0 Å². The largest absolute Gasteiger partial charge is 0.272 e.